The molecule has 0 aliphatic carbocycles. The van der Waals surface area contributed by atoms with Gasteiger partial charge >= 0.3 is 0 Å². The fraction of sp³-hybridized carbons (Fsp3) is 0.227. The van der Waals surface area contributed by atoms with Gasteiger partial charge in [0, 0.05) is 43.2 Å². The van der Waals surface area contributed by atoms with Crippen molar-refractivity contribution >= 4 is 27.8 Å². The van der Waals surface area contributed by atoms with Crippen molar-refractivity contribution in [1.82, 2.24) is 19.9 Å². The van der Waals surface area contributed by atoms with E-state index in [0.29, 0.717) is 19.0 Å². The number of nitrogens with zero attached hydrogens (tertiary/aromatic N) is 3. The highest BCUT2D eigenvalue weighted by molar-refractivity contribution is 5.98. The van der Waals surface area contributed by atoms with Gasteiger partial charge in [-0.1, -0.05) is 18.2 Å². The molecular weight excluding hydrogens is 352 g/mol. The topological polar surface area (TPSA) is 71.1 Å². The molecule has 6 heteroatoms. The second-order valence-corrected chi connectivity index (χ2v) is 7.09. The van der Waals surface area contributed by atoms with Crippen molar-refractivity contribution in [3.63, 3.8) is 0 Å². The molecule has 0 bridgehead atoms. The van der Waals surface area contributed by atoms with E-state index in [0.717, 1.165) is 40.3 Å². The zero-order valence-electron chi connectivity index (χ0n) is 15.3. The van der Waals surface area contributed by atoms with Gasteiger partial charge in [0.25, 0.3) is 5.91 Å². The number of hydrogen-bond acceptors (Lipinski definition) is 4. The van der Waals surface area contributed by atoms with E-state index in [9.17, 15) is 4.79 Å². The van der Waals surface area contributed by atoms with Gasteiger partial charge in [-0.3, -0.25) is 4.79 Å². The maximum absolute atomic E-state index is 12.8. The molecule has 0 unspecified atom stereocenters. The van der Waals surface area contributed by atoms with Crippen LogP contribution in [0.2, 0.25) is 0 Å². The van der Waals surface area contributed by atoms with E-state index in [1.165, 1.54) is 0 Å². The molecule has 4 aromatic rings. The van der Waals surface area contributed by atoms with Gasteiger partial charge in [0.05, 0.1) is 17.2 Å². The summed E-state index contributed by atoms with van der Waals surface area (Å²) in [5.74, 6) is 0.612. The standard InChI is InChI=1S/C22H20N4O2/c27-22(16-6-5-15-7-10-23-20(15)13-16)26-11-8-17(9-12-26)28-21-14-24-18-3-1-2-4-19(18)25-21/h1-7,10,13-14,17,23H,8-9,11-12H2. The van der Waals surface area contributed by atoms with Crippen LogP contribution in [0, 0.1) is 0 Å². The molecule has 0 atom stereocenters. The number of ether oxygens (including phenoxy) is 1. The third-order valence-corrected chi connectivity index (χ3v) is 5.25. The number of rotatable bonds is 3. The van der Waals surface area contributed by atoms with E-state index in [2.05, 4.69) is 15.0 Å². The number of nitrogens with one attached hydrogen (secondary N) is 1. The van der Waals surface area contributed by atoms with Crippen LogP contribution in [0.1, 0.15) is 23.2 Å². The number of piperidine rings is 1. The monoisotopic (exact) mass is 372 g/mol. The summed E-state index contributed by atoms with van der Waals surface area (Å²) < 4.78 is 6.03. The first-order chi connectivity index (χ1) is 13.8. The lowest BCUT2D eigenvalue weighted by Crippen LogP contribution is -2.41. The molecule has 2 aromatic carbocycles. The quantitative estimate of drug-likeness (QED) is 0.594. The Morgan fingerprint density at radius 1 is 1.07 bits per heavy atom. The first kappa shape index (κ1) is 16.7. The van der Waals surface area contributed by atoms with Gasteiger partial charge in [-0.05, 0) is 35.7 Å². The van der Waals surface area contributed by atoms with Crippen molar-refractivity contribution in [2.75, 3.05) is 13.1 Å². The SMILES string of the molecule is O=C(c1ccc2cc[nH]c2c1)N1CCC(Oc2cnc3ccccc3n2)CC1. The van der Waals surface area contributed by atoms with Gasteiger partial charge < -0.3 is 14.6 Å². The number of aromatic amines is 1. The molecule has 0 saturated carbocycles. The first-order valence-corrected chi connectivity index (χ1v) is 9.51. The number of fused-ring (bicyclic) bond motifs is 2. The van der Waals surface area contributed by atoms with Crippen LogP contribution in [0.4, 0.5) is 0 Å². The van der Waals surface area contributed by atoms with E-state index in [1.807, 2.05) is 59.6 Å². The zero-order valence-corrected chi connectivity index (χ0v) is 15.3. The predicted octanol–water partition coefficient (Wildman–Crippen LogP) is 3.79. The van der Waals surface area contributed by atoms with Crippen LogP contribution < -0.4 is 4.74 Å². The molecule has 0 radical (unpaired) electrons. The molecule has 1 amide bonds. The Hall–Kier alpha value is -3.41. The van der Waals surface area contributed by atoms with E-state index in [-0.39, 0.29) is 12.0 Å². The molecule has 1 fully saturated rings. The largest absolute Gasteiger partial charge is 0.473 e. The van der Waals surface area contributed by atoms with Crippen molar-refractivity contribution in [2.45, 2.75) is 18.9 Å². The van der Waals surface area contributed by atoms with Crippen molar-refractivity contribution in [3.8, 4) is 5.88 Å². The molecule has 5 rings (SSSR count). The summed E-state index contributed by atoms with van der Waals surface area (Å²) in [6.07, 6.45) is 5.17. The molecule has 6 nitrogen and oxygen atoms in total. The lowest BCUT2D eigenvalue weighted by atomic mass is 10.1. The molecule has 140 valence electrons. The summed E-state index contributed by atoms with van der Waals surface area (Å²) in [6, 6.07) is 15.5. The van der Waals surface area contributed by atoms with Crippen LogP contribution in [-0.4, -0.2) is 45.0 Å². The highest BCUT2D eigenvalue weighted by atomic mass is 16.5. The molecule has 1 aliphatic rings. The average Bonchev–Trinajstić information content (AvgIpc) is 3.21. The minimum atomic E-state index is 0.0467. The molecule has 3 heterocycles. The molecule has 1 saturated heterocycles. The Kier molecular flexibility index (Phi) is 4.16. The van der Waals surface area contributed by atoms with Crippen molar-refractivity contribution in [3.05, 3.63) is 66.5 Å². The summed E-state index contributed by atoms with van der Waals surface area (Å²) in [6.45, 7) is 1.35. The van der Waals surface area contributed by atoms with E-state index in [1.54, 1.807) is 6.20 Å². The van der Waals surface area contributed by atoms with Crippen molar-refractivity contribution in [1.29, 1.82) is 0 Å². The molecule has 2 aromatic heterocycles. The minimum Gasteiger partial charge on any atom is -0.473 e. The Morgan fingerprint density at radius 2 is 1.89 bits per heavy atom. The van der Waals surface area contributed by atoms with Gasteiger partial charge in [-0.25, -0.2) is 9.97 Å². The van der Waals surface area contributed by atoms with Crippen molar-refractivity contribution in [2.24, 2.45) is 0 Å². The highest BCUT2D eigenvalue weighted by Crippen LogP contribution is 2.21. The molecule has 28 heavy (non-hydrogen) atoms. The maximum atomic E-state index is 12.8. The number of H-pyrrole nitrogens is 1. The predicted molar refractivity (Wildman–Crippen MR) is 107 cm³/mol. The second-order valence-electron chi connectivity index (χ2n) is 7.09. The Morgan fingerprint density at radius 3 is 2.75 bits per heavy atom. The number of aromatic nitrogens is 3. The second kappa shape index (κ2) is 6.96. The molecule has 1 N–H and O–H groups in total. The Balaban J connectivity index is 1.23. The average molecular weight is 372 g/mol. The van der Waals surface area contributed by atoms with Gasteiger partial charge in [-0.15, -0.1) is 0 Å². The van der Waals surface area contributed by atoms with Gasteiger partial charge in [-0.2, -0.15) is 0 Å². The summed E-state index contributed by atoms with van der Waals surface area (Å²) >= 11 is 0. The van der Waals surface area contributed by atoms with Crippen LogP contribution in [-0.2, 0) is 0 Å². The van der Waals surface area contributed by atoms with Crippen molar-refractivity contribution < 1.29 is 9.53 Å². The summed E-state index contributed by atoms with van der Waals surface area (Å²) in [7, 11) is 0. The molecule has 0 spiro atoms. The third-order valence-electron chi connectivity index (χ3n) is 5.25. The lowest BCUT2D eigenvalue weighted by Gasteiger charge is -2.32. The number of hydrogen-bond donors (Lipinski definition) is 1. The van der Waals surface area contributed by atoms with Gasteiger partial charge in [0.2, 0.25) is 5.88 Å². The number of amides is 1. The maximum Gasteiger partial charge on any atom is 0.253 e. The Labute approximate surface area is 162 Å². The van der Waals surface area contributed by atoms with E-state index >= 15 is 0 Å². The van der Waals surface area contributed by atoms with Crippen LogP contribution >= 0.6 is 0 Å². The highest BCUT2D eigenvalue weighted by Gasteiger charge is 2.25. The zero-order chi connectivity index (χ0) is 18.9. The third kappa shape index (κ3) is 3.17. The van der Waals surface area contributed by atoms with E-state index in [4.69, 9.17) is 4.74 Å². The van der Waals surface area contributed by atoms with Crippen LogP contribution in [0.15, 0.2) is 60.9 Å². The summed E-state index contributed by atoms with van der Waals surface area (Å²) in [4.78, 5) is 26.8. The molecular formula is C22H20N4O2. The summed E-state index contributed by atoms with van der Waals surface area (Å²) in [5.41, 5.74) is 3.38. The number of benzene rings is 2. The fourth-order valence-corrected chi connectivity index (χ4v) is 3.71. The Bertz CT molecular complexity index is 1150. The first-order valence-electron chi connectivity index (χ1n) is 9.51. The van der Waals surface area contributed by atoms with Gasteiger partial charge in [0.1, 0.15) is 6.10 Å². The number of para-hydroxylation sites is 2. The van der Waals surface area contributed by atoms with Gasteiger partial charge in [0.15, 0.2) is 0 Å². The normalized spacial score (nSPS) is 15.2. The smallest absolute Gasteiger partial charge is 0.253 e. The molecule has 1 aliphatic heterocycles. The van der Waals surface area contributed by atoms with Crippen LogP contribution in [0.3, 0.4) is 0 Å². The fourth-order valence-electron chi connectivity index (χ4n) is 3.71. The minimum absolute atomic E-state index is 0.0467. The number of carbonyl (C=O) groups excluding carboxylic acids is 1. The van der Waals surface area contributed by atoms with Crippen LogP contribution in [0.5, 0.6) is 5.88 Å². The van der Waals surface area contributed by atoms with Crippen LogP contribution in [0.25, 0.3) is 21.9 Å². The summed E-state index contributed by atoms with van der Waals surface area (Å²) in [5, 5.41) is 1.11. The van der Waals surface area contributed by atoms with E-state index < -0.39 is 0 Å². The number of likely N-dealkylation sites (tertiary alicyclic amines) is 1. The lowest BCUT2D eigenvalue weighted by molar-refractivity contribution is 0.0588. The number of carbonyl (C=O) groups is 1.